The maximum Gasteiger partial charge on any atom is 0.264 e. The second-order valence-electron chi connectivity index (χ2n) is 6.29. The van der Waals surface area contributed by atoms with Gasteiger partial charge < -0.3 is 14.8 Å². The van der Waals surface area contributed by atoms with Gasteiger partial charge in [-0.25, -0.2) is 0 Å². The summed E-state index contributed by atoms with van der Waals surface area (Å²) in [7, 11) is 0. The number of benzene rings is 2. The van der Waals surface area contributed by atoms with E-state index in [1.807, 2.05) is 56.3 Å². The van der Waals surface area contributed by atoms with Gasteiger partial charge in [0.25, 0.3) is 5.91 Å². The van der Waals surface area contributed by atoms with Gasteiger partial charge >= 0.3 is 0 Å². The number of anilines is 1. The number of amides is 1. The number of hydrogen-bond acceptors (Lipinski definition) is 4. The molecule has 0 fully saturated rings. The second-order valence-corrected chi connectivity index (χ2v) is 6.69. The fourth-order valence-electron chi connectivity index (χ4n) is 2.30. The van der Waals surface area contributed by atoms with Crippen LogP contribution >= 0.6 is 12.2 Å². The Kier molecular flexibility index (Phi) is 8.07. The number of carbonyl (C=O) groups excluding carboxylic acids is 1. The van der Waals surface area contributed by atoms with Crippen molar-refractivity contribution in [3.8, 4) is 11.5 Å². The van der Waals surface area contributed by atoms with E-state index in [0.29, 0.717) is 12.4 Å². The molecule has 2 aromatic carbocycles. The molecule has 0 unspecified atom stereocenters. The highest BCUT2D eigenvalue weighted by atomic mass is 32.1. The number of hydrogen-bond donors (Lipinski definition) is 2. The maximum absolute atomic E-state index is 12.0. The Morgan fingerprint density at radius 1 is 1.07 bits per heavy atom. The number of rotatable bonds is 8. The minimum absolute atomic E-state index is 0.101. The molecule has 2 aromatic rings. The molecule has 0 atom stereocenters. The number of ether oxygens (including phenoxy) is 2. The Labute approximate surface area is 166 Å². The highest BCUT2D eigenvalue weighted by molar-refractivity contribution is 7.80. The summed E-state index contributed by atoms with van der Waals surface area (Å²) in [5.74, 6) is 1.20. The normalized spacial score (nSPS) is 10.2. The smallest absolute Gasteiger partial charge is 0.264 e. The molecular weight excluding hydrogens is 360 g/mol. The van der Waals surface area contributed by atoms with E-state index in [0.717, 1.165) is 35.4 Å². The van der Waals surface area contributed by atoms with Crippen molar-refractivity contribution in [2.45, 2.75) is 33.6 Å². The third-order valence-electron chi connectivity index (χ3n) is 3.83. The summed E-state index contributed by atoms with van der Waals surface area (Å²) >= 11 is 5.18. The molecule has 27 heavy (non-hydrogen) atoms. The lowest BCUT2D eigenvalue weighted by atomic mass is 10.1. The van der Waals surface area contributed by atoms with Crippen molar-refractivity contribution in [1.82, 2.24) is 5.32 Å². The Hall–Kier alpha value is -2.60. The third-order valence-corrected chi connectivity index (χ3v) is 4.04. The van der Waals surface area contributed by atoms with E-state index in [9.17, 15) is 4.79 Å². The van der Waals surface area contributed by atoms with E-state index in [4.69, 9.17) is 21.7 Å². The highest BCUT2D eigenvalue weighted by Gasteiger charge is 2.08. The Morgan fingerprint density at radius 3 is 2.52 bits per heavy atom. The number of nitrogens with one attached hydrogen (secondary N) is 2. The SMILES string of the molecule is CCCCOc1ccc(NC(=S)NC(=O)COc2cc(C)ccc2C)cc1. The van der Waals surface area contributed by atoms with Crippen molar-refractivity contribution in [3.63, 3.8) is 0 Å². The van der Waals surface area contributed by atoms with Gasteiger partial charge in [-0.2, -0.15) is 0 Å². The van der Waals surface area contributed by atoms with Gasteiger partial charge in [0, 0.05) is 5.69 Å². The summed E-state index contributed by atoms with van der Waals surface area (Å²) in [6.07, 6.45) is 2.13. The first kappa shape index (κ1) is 20.7. The first-order valence-electron chi connectivity index (χ1n) is 9.01. The van der Waals surface area contributed by atoms with Gasteiger partial charge in [-0.3, -0.25) is 10.1 Å². The minimum atomic E-state index is -0.312. The van der Waals surface area contributed by atoms with Gasteiger partial charge in [0.05, 0.1) is 6.61 Å². The molecule has 0 bridgehead atoms. The Morgan fingerprint density at radius 2 is 1.81 bits per heavy atom. The zero-order valence-corrected chi connectivity index (χ0v) is 16.8. The topological polar surface area (TPSA) is 59.6 Å². The molecule has 0 aromatic heterocycles. The van der Waals surface area contributed by atoms with E-state index in [1.54, 1.807) is 0 Å². The molecule has 2 rings (SSSR count). The van der Waals surface area contributed by atoms with Crippen LogP contribution in [0.4, 0.5) is 5.69 Å². The molecule has 5 nitrogen and oxygen atoms in total. The first-order chi connectivity index (χ1) is 13.0. The van der Waals surface area contributed by atoms with Gasteiger partial charge in [-0.15, -0.1) is 0 Å². The van der Waals surface area contributed by atoms with Gasteiger partial charge in [-0.05, 0) is 73.9 Å². The average molecular weight is 387 g/mol. The van der Waals surface area contributed by atoms with E-state index < -0.39 is 0 Å². The van der Waals surface area contributed by atoms with Crippen LogP contribution in [0.2, 0.25) is 0 Å². The molecule has 0 spiro atoms. The zero-order chi connectivity index (χ0) is 19.6. The summed E-state index contributed by atoms with van der Waals surface area (Å²) in [5, 5.41) is 5.81. The maximum atomic E-state index is 12.0. The van der Waals surface area contributed by atoms with Crippen molar-refractivity contribution in [1.29, 1.82) is 0 Å². The predicted molar refractivity (Wildman–Crippen MR) is 113 cm³/mol. The third kappa shape index (κ3) is 7.27. The van der Waals surface area contributed by atoms with Crippen LogP contribution in [0.25, 0.3) is 0 Å². The van der Waals surface area contributed by atoms with Crippen molar-refractivity contribution >= 4 is 28.9 Å². The summed E-state index contributed by atoms with van der Waals surface area (Å²) in [6.45, 7) is 6.65. The Balaban J connectivity index is 1.77. The fraction of sp³-hybridized carbons (Fsp3) is 0.333. The van der Waals surface area contributed by atoms with Crippen LogP contribution in [-0.4, -0.2) is 24.2 Å². The molecule has 0 aliphatic carbocycles. The highest BCUT2D eigenvalue weighted by Crippen LogP contribution is 2.19. The number of carbonyl (C=O) groups is 1. The van der Waals surface area contributed by atoms with Gasteiger partial charge in [0.1, 0.15) is 11.5 Å². The quantitative estimate of drug-likeness (QED) is 0.521. The number of aryl methyl sites for hydroxylation is 2. The molecular formula is C21H26N2O3S. The van der Waals surface area contributed by atoms with Crippen molar-refractivity contribution < 1.29 is 14.3 Å². The molecule has 0 aliphatic rings. The fourth-order valence-corrected chi connectivity index (χ4v) is 2.53. The van der Waals surface area contributed by atoms with Crippen LogP contribution in [-0.2, 0) is 4.79 Å². The van der Waals surface area contributed by atoms with Crippen molar-refractivity contribution in [2.24, 2.45) is 0 Å². The molecule has 0 heterocycles. The van der Waals surface area contributed by atoms with Crippen LogP contribution in [0.3, 0.4) is 0 Å². The lowest BCUT2D eigenvalue weighted by molar-refractivity contribution is -0.121. The summed E-state index contributed by atoms with van der Waals surface area (Å²) in [4.78, 5) is 12.0. The number of unbranched alkanes of at least 4 members (excludes halogenated alkanes) is 1. The van der Waals surface area contributed by atoms with Crippen LogP contribution < -0.4 is 20.1 Å². The molecule has 1 amide bonds. The van der Waals surface area contributed by atoms with Crippen molar-refractivity contribution in [3.05, 3.63) is 53.6 Å². The summed E-state index contributed by atoms with van der Waals surface area (Å²) in [6, 6.07) is 13.3. The van der Waals surface area contributed by atoms with Crippen molar-refractivity contribution in [2.75, 3.05) is 18.5 Å². The average Bonchev–Trinajstić information content (AvgIpc) is 2.64. The van der Waals surface area contributed by atoms with Crippen LogP contribution in [0.5, 0.6) is 11.5 Å². The number of thiocarbonyl (C=S) groups is 1. The molecule has 2 N–H and O–H groups in total. The molecule has 144 valence electrons. The largest absolute Gasteiger partial charge is 0.494 e. The summed E-state index contributed by atoms with van der Waals surface area (Å²) < 4.78 is 11.2. The first-order valence-corrected chi connectivity index (χ1v) is 9.42. The van der Waals surface area contributed by atoms with Gasteiger partial charge in [-0.1, -0.05) is 25.5 Å². The lowest BCUT2D eigenvalue weighted by Crippen LogP contribution is -2.37. The standard InChI is InChI=1S/C21H26N2O3S/c1-4-5-12-25-18-10-8-17(9-11-18)22-21(27)23-20(24)14-26-19-13-15(2)6-7-16(19)3/h6-11,13H,4-5,12,14H2,1-3H3,(H2,22,23,24,27). The van der Waals surface area contributed by atoms with E-state index in [2.05, 4.69) is 17.6 Å². The van der Waals surface area contributed by atoms with E-state index in [1.165, 1.54) is 0 Å². The lowest BCUT2D eigenvalue weighted by Gasteiger charge is -2.12. The van der Waals surface area contributed by atoms with E-state index >= 15 is 0 Å². The minimum Gasteiger partial charge on any atom is -0.494 e. The second kappa shape index (κ2) is 10.5. The van der Waals surface area contributed by atoms with Crippen LogP contribution in [0, 0.1) is 13.8 Å². The van der Waals surface area contributed by atoms with Crippen LogP contribution in [0.15, 0.2) is 42.5 Å². The van der Waals surface area contributed by atoms with E-state index in [-0.39, 0.29) is 17.6 Å². The monoisotopic (exact) mass is 386 g/mol. The molecule has 0 radical (unpaired) electrons. The Bertz CT molecular complexity index is 775. The van der Waals surface area contributed by atoms with Crippen LogP contribution in [0.1, 0.15) is 30.9 Å². The molecule has 6 heteroatoms. The zero-order valence-electron chi connectivity index (χ0n) is 16.0. The summed E-state index contributed by atoms with van der Waals surface area (Å²) in [5.41, 5.74) is 2.84. The predicted octanol–water partition coefficient (Wildman–Crippen LogP) is 4.37. The van der Waals surface area contributed by atoms with Gasteiger partial charge in [0.2, 0.25) is 0 Å². The van der Waals surface area contributed by atoms with Gasteiger partial charge in [0.15, 0.2) is 11.7 Å². The molecule has 0 saturated heterocycles. The molecule has 0 saturated carbocycles. The molecule has 0 aliphatic heterocycles.